The average Bonchev–Trinajstić information content (AvgIpc) is 2.74. The molecule has 2 rings (SSSR count). The Bertz CT molecular complexity index is 502. The Labute approximate surface area is 108 Å². The van der Waals surface area contributed by atoms with Crippen molar-refractivity contribution in [1.82, 2.24) is 5.32 Å². The van der Waals surface area contributed by atoms with E-state index in [2.05, 4.69) is 25.2 Å². The average molecular weight is 247 g/mol. The maximum Gasteiger partial charge on any atom is 0.175 e. The lowest BCUT2D eigenvalue weighted by Gasteiger charge is -2.06. The van der Waals surface area contributed by atoms with E-state index >= 15 is 0 Å². The molecule has 0 radical (unpaired) electrons. The molecule has 0 atom stereocenters. The third-order valence-electron chi connectivity index (χ3n) is 2.89. The maximum atomic E-state index is 5.64. The SMILES string of the molecule is CCOc1cccc2c(CCNC(C)C)coc12. The number of ether oxygens (including phenoxy) is 1. The van der Waals surface area contributed by atoms with Gasteiger partial charge in [-0.3, -0.25) is 0 Å². The molecule has 0 aliphatic rings. The number of rotatable bonds is 6. The molecule has 0 fully saturated rings. The molecular weight excluding hydrogens is 226 g/mol. The summed E-state index contributed by atoms with van der Waals surface area (Å²) in [5.74, 6) is 0.832. The van der Waals surface area contributed by atoms with Crippen molar-refractivity contribution in [2.45, 2.75) is 33.2 Å². The van der Waals surface area contributed by atoms with Gasteiger partial charge in [-0.1, -0.05) is 26.0 Å². The van der Waals surface area contributed by atoms with Crippen molar-refractivity contribution >= 4 is 11.0 Å². The zero-order chi connectivity index (χ0) is 13.0. The monoisotopic (exact) mass is 247 g/mol. The molecule has 0 amide bonds. The topological polar surface area (TPSA) is 34.4 Å². The number of hydrogen-bond donors (Lipinski definition) is 1. The van der Waals surface area contributed by atoms with Crippen LogP contribution in [-0.2, 0) is 6.42 Å². The first-order valence-corrected chi connectivity index (χ1v) is 6.57. The predicted octanol–water partition coefficient (Wildman–Crippen LogP) is 3.37. The van der Waals surface area contributed by atoms with E-state index in [1.54, 1.807) is 0 Å². The predicted molar refractivity (Wildman–Crippen MR) is 74.2 cm³/mol. The van der Waals surface area contributed by atoms with Crippen molar-refractivity contribution in [3.63, 3.8) is 0 Å². The standard InChI is InChI=1S/C15H21NO2/c1-4-17-14-7-5-6-13-12(10-18-15(13)14)8-9-16-11(2)3/h5-7,10-11,16H,4,8-9H2,1-3H3. The van der Waals surface area contributed by atoms with Gasteiger partial charge in [-0.15, -0.1) is 0 Å². The Morgan fingerprint density at radius 2 is 2.17 bits per heavy atom. The second-order valence-corrected chi connectivity index (χ2v) is 4.69. The van der Waals surface area contributed by atoms with Crippen molar-refractivity contribution in [1.29, 1.82) is 0 Å². The van der Waals surface area contributed by atoms with Gasteiger partial charge in [0, 0.05) is 11.4 Å². The highest BCUT2D eigenvalue weighted by atomic mass is 16.5. The van der Waals surface area contributed by atoms with Crippen LogP contribution in [0.15, 0.2) is 28.9 Å². The molecule has 0 aliphatic heterocycles. The summed E-state index contributed by atoms with van der Waals surface area (Å²) in [4.78, 5) is 0. The normalized spacial score (nSPS) is 11.3. The molecule has 2 aromatic rings. The summed E-state index contributed by atoms with van der Waals surface area (Å²) in [5, 5.41) is 4.57. The first-order valence-electron chi connectivity index (χ1n) is 6.57. The zero-order valence-electron chi connectivity index (χ0n) is 11.3. The minimum absolute atomic E-state index is 0.516. The molecular formula is C15H21NO2. The molecule has 1 N–H and O–H groups in total. The van der Waals surface area contributed by atoms with Gasteiger partial charge < -0.3 is 14.5 Å². The first kappa shape index (κ1) is 13.0. The van der Waals surface area contributed by atoms with Gasteiger partial charge in [0.05, 0.1) is 12.9 Å². The largest absolute Gasteiger partial charge is 0.490 e. The van der Waals surface area contributed by atoms with Crippen LogP contribution in [0.2, 0.25) is 0 Å². The quantitative estimate of drug-likeness (QED) is 0.849. The zero-order valence-corrected chi connectivity index (χ0v) is 11.3. The third kappa shape index (κ3) is 2.85. The number of fused-ring (bicyclic) bond motifs is 1. The summed E-state index contributed by atoms with van der Waals surface area (Å²) in [7, 11) is 0. The summed E-state index contributed by atoms with van der Waals surface area (Å²) in [6.45, 7) is 7.91. The second kappa shape index (κ2) is 5.91. The molecule has 1 aromatic carbocycles. The molecule has 18 heavy (non-hydrogen) atoms. The molecule has 0 unspecified atom stereocenters. The number of furan rings is 1. The molecule has 0 bridgehead atoms. The smallest absolute Gasteiger partial charge is 0.175 e. The summed E-state index contributed by atoms with van der Waals surface area (Å²) in [6.07, 6.45) is 2.82. The number of nitrogens with one attached hydrogen (secondary N) is 1. The van der Waals surface area contributed by atoms with Crippen LogP contribution in [0, 0.1) is 0 Å². The summed E-state index contributed by atoms with van der Waals surface area (Å²) in [6, 6.07) is 6.57. The van der Waals surface area contributed by atoms with E-state index in [9.17, 15) is 0 Å². The minimum Gasteiger partial charge on any atom is -0.490 e. The van der Waals surface area contributed by atoms with Crippen LogP contribution in [0.3, 0.4) is 0 Å². The molecule has 3 nitrogen and oxygen atoms in total. The highest BCUT2D eigenvalue weighted by Crippen LogP contribution is 2.29. The van der Waals surface area contributed by atoms with Gasteiger partial charge in [0.25, 0.3) is 0 Å². The molecule has 0 saturated heterocycles. The van der Waals surface area contributed by atoms with E-state index in [1.807, 2.05) is 25.3 Å². The fourth-order valence-electron chi connectivity index (χ4n) is 2.04. The maximum absolute atomic E-state index is 5.64. The summed E-state index contributed by atoms with van der Waals surface area (Å²) >= 11 is 0. The van der Waals surface area contributed by atoms with Gasteiger partial charge in [0.2, 0.25) is 0 Å². The number of para-hydroxylation sites is 1. The van der Waals surface area contributed by atoms with Gasteiger partial charge in [-0.25, -0.2) is 0 Å². The van der Waals surface area contributed by atoms with Gasteiger partial charge in [0.1, 0.15) is 0 Å². The van der Waals surface area contributed by atoms with E-state index in [0.717, 1.165) is 29.7 Å². The van der Waals surface area contributed by atoms with Gasteiger partial charge in [-0.05, 0) is 31.5 Å². The molecule has 1 aromatic heterocycles. The Morgan fingerprint density at radius 3 is 2.89 bits per heavy atom. The Balaban J connectivity index is 2.17. The van der Waals surface area contributed by atoms with Gasteiger partial charge >= 0.3 is 0 Å². The molecule has 0 aliphatic carbocycles. The van der Waals surface area contributed by atoms with Gasteiger partial charge in [0.15, 0.2) is 11.3 Å². The molecule has 0 saturated carbocycles. The fraction of sp³-hybridized carbons (Fsp3) is 0.467. The summed E-state index contributed by atoms with van der Waals surface area (Å²) < 4.78 is 11.2. The van der Waals surface area contributed by atoms with E-state index in [-0.39, 0.29) is 0 Å². The Morgan fingerprint density at radius 1 is 1.33 bits per heavy atom. The van der Waals surface area contributed by atoms with Crippen LogP contribution in [-0.4, -0.2) is 19.2 Å². The van der Waals surface area contributed by atoms with Crippen molar-refractivity contribution < 1.29 is 9.15 Å². The number of hydrogen-bond acceptors (Lipinski definition) is 3. The summed E-state index contributed by atoms with van der Waals surface area (Å²) in [5.41, 5.74) is 2.10. The van der Waals surface area contributed by atoms with Crippen LogP contribution in [0.25, 0.3) is 11.0 Å². The second-order valence-electron chi connectivity index (χ2n) is 4.69. The van der Waals surface area contributed by atoms with Crippen LogP contribution < -0.4 is 10.1 Å². The lowest BCUT2D eigenvalue weighted by molar-refractivity contribution is 0.338. The van der Waals surface area contributed by atoms with Crippen LogP contribution in [0.4, 0.5) is 0 Å². The van der Waals surface area contributed by atoms with Gasteiger partial charge in [-0.2, -0.15) is 0 Å². The Kier molecular flexibility index (Phi) is 4.26. The molecule has 1 heterocycles. The lowest BCUT2D eigenvalue weighted by atomic mass is 10.1. The fourth-order valence-corrected chi connectivity index (χ4v) is 2.04. The van der Waals surface area contributed by atoms with E-state index in [4.69, 9.17) is 9.15 Å². The highest BCUT2D eigenvalue weighted by Gasteiger charge is 2.10. The van der Waals surface area contributed by atoms with Crippen LogP contribution >= 0.6 is 0 Å². The van der Waals surface area contributed by atoms with E-state index in [0.29, 0.717) is 12.6 Å². The molecule has 3 heteroatoms. The van der Waals surface area contributed by atoms with Crippen molar-refractivity contribution in [2.24, 2.45) is 0 Å². The molecule has 98 valence electrons. The van der Waals surface area contributed by atoms with Crippen LogP contribution in [0.1, 0.15) is 26.3 Å². The van der Waals surface area contributed by atoms with Crippen molar-refractivity contribution in [2.75, 3.05) is 13.2 Å². The lowest BCUT2D eigenvalue weighted by Crippen LogP contribution is -2.24. The third-order valence-corrected chi connectivity index (χ3v) is 2.89. The van der Waals surface area contributed by atoms with E-state index in [1.165, 1.54) is 5.56 Å². The van der Waals surface area contributed by atoms with E-state index < -0.39 is 0 Å². The number of benzene rings is 1. The van der Waals surface area contributed by atoms with Crippen molar-refractivity contribution in [3.05, 3.63) is 30.0 Å². The van der Waals surface area contributed by atoms with Crippen molar-refractivity contribution in [3.8, 4) is 5.75 Å². The molecule has 0 spiro atoms. The first-order chi connectivity index (χ1) is 8.72. The van der Waals surface area contributed by atoms with Crippen LogP contribution in [0.5, 0.6) is 5.75 Å². The minimum atomic E-state index is 0.516. The Hall–Kier alpha value is -1.48. The highest BCUT2D eigenvalue weighted by molar-refractivity contribution is 5.86.